The van der Waals surface area contributed by atoms with E-state index in [9.17, 15) is 4.79 Å². The molecule has 0 aromatic heterocycles. The van der Waals surface area contributed by atoms with Gasteiger partial charge < -0.3 is 4.74 Å². The first-order valence-corrected chi connectivity index (χ1v) is 6.89. The molecule has 1 aliphatic rings. The number of rotatable bonds is 2. The molecule has 0 radical (unpaired) electrons. The molecule has 0 spiro atoms. The summed E-state index contributed by atoms with van der Waals surface area (Å²) in [4.78, 5) is 14.1. The minimum absolute atomic E-state index is 0.0354. The average molecular weight is 357 g/mol. The maximum Gasteiger partial charge on any atom is 0.266 e. The van der Waals surface area contributed by atoms with Crippen LogP contribution < -0.4 is 0 Å². The van der Waals surface area contributed by atoms with Gasteiger partial charge in [0.15, 0.2) is 6.73 Å². The predicted octanol–water partition coefficient (Wildman–Crippen LogP) is 3.40. The topological polar surface area (TPSA) is 29.5 Å². The lowest BCUT2D eigenvalue weighted by Gasteiger charge is -2.40. The van der Waals surface area contributed by atoms with Gasteiger partial charge in [-0.3, -0.25) is 9.69 Å². The van der Waals surface area contributed by atoms with E-state index in [1.54, 1.807) is 4.90 Å². The van der Waals surface area contributed by atoms with E-state index in [2.05, 4.69) is 0 Å². The zero-order chi connectivity index (χ0) is 13.3. The van der Waals surface area contributed by atoms with Gasteiger partial charge in [-0.15, -0.1) is 0 Å². The molecule has 1 aliphatic heterocycles. The van der Waals surface area contributed by atoms with Crippen molar-refractivity contribution < 1.29 is 9.53 Å². The number of allylic oxidation sites excluding steroid dienone is 1. The quantitative estimate of drug-likeness (QED) is 0.760. The largest absolute Gasteiger partial charge is 0.476 e. The van der Waals surface area contributed by atoms with Crippen LogP contribution in [0.15, 0.2) is 39.7 Å². The molecule has 0 N–H and O–H groups in total. The van der Waals surface area contributed by atoms with Gasteiger partial charge in [0, 0.05) is 0 Å². The Hall–Kier alpha value is -1.04. The van der Waals surface area contributed by atoms with Crippen molar-refractivity contribution in [1.82, 2.24) is 4.90 Å². The summed E-state index contributed by atoms with van der Waals surface area (Å²) in [6, 6.07) is 10.0. The van der Waals surface area contributed by atoms with Crippen molar-refractivity contribution in [2.75, 3.05) is 6.73 Å². The maximum absolute atomic E-state index is 12.3. The molecule has 4 heteroatoms. The van der Waals surface area contributed by atoms with E-state index < -0.39 is 0 Å². The van der Waals surface area contributed by atoms with Crippen LogP contribution in [0.3, 0.4) is 0 Å². The van der Waals surface area contributed by atoms with Gasteiger partial charge in [-0.1, -0.05) is 30.3 Å². The summed E-state index contributed by atoms with van der Waals surface area (Å²) in [6.45, 7) is 6.20. The predicted molar refractivity (Wildman–Crippen MR) is 79.0 cm³/mol. The summed E-state index contributed by atoms with van der Waals surface area (Å²) < 4.78 is 6.21. The SMILES string of the molecule is CC1=C(I)C(=O)N(C(C)(C)c2ccccc2)CO1. The first-order valence-electron chi connectivity index (χ1n) is 5.81. The number of hydrogen-bond acceptors (Lipinski definition) is 2. The molecule has 1 aromatic rings. The van der Waals surface area contributed by atoms with E-state index in [0.29, 0.717) is 16.1 Å². The first kappa shape index (κ1) is 13.4. The molecule has 0 aliphatic carbocycles. The Morgan fingerprint density at radius 2 is 1.89 bits per heavy atom. The number of benzene rings is 1. The van der Waals surface area contributed by atoms with Gasteiger partial charge in [-0.25, -0.2) is 0 Å². The number of carbonyl (C=O) groups is 1. The number of ether oxygens (including phenoxy) is 1. The molecule has 0 bridgehead atoms. The fraction of sp³-hybridized carbons (Fsp3) is 0.357. The Morgan fingerprint density at radius 1 is 1.28 bits per heavy atom. The third-order valence-corrected chi connectivity index (χ3v) is 4.53. The van der Waals surface area contributed by atoms with Gasteiger partial charge >= 0.3 is 0 Å². The molecular weight excluding hydrogens is 341 g/mol. The summed E-state index contributed by atoms with van der Waals surface area (Å²) in [5.41, 5.74) is 0.723. The number of nitrogens with zero attached hydrogens (tertiary/aromatic N) is 1. The highest BCUT2D eigenvalue weighted by Gasteiger charge is 2.37. The fourth-order valence-electron chi connectivity index (χ4n) is 1.97. The Labute approximate surface area is 121 Å². The summed E-state index contributed by atoms with van der Waals surface area (Å²) in [5, 5.41) is 0. The molecule has 0 saturated carbocycles. The van der Waals surface area contributed by atoms with Crippen LogP contribution >= 0.6 is 22.6 Å². The van der Waals surface area contributed by atoms with Crippen LogP contribution in [-0.4, -0.2) is 17.5 Å². The van der Waals surface area contributed by atoms with Gasteiger partial charge in [0.25, 0.3) is 5.91 Å². The summed E-state index contributed by atoms with van der Waals surface area (Å²) in [7, 11) is 0. The van der Waals surface area contributed by atoms with Crippen molar-refractivity contribution in [1.29, 1.82) is 0 Å². The van der Waals surface area contributed by atoms with Crippen LogP contribution in [-0.2, 0) is 15.1 Å². The third-order valence-electron chi connectivity index (χ3n) is 3.31. The van der Waals surface area contributed by atoms with Gasteiger partial charge in [0.1, 0.15) is 9.34 Å². The minimum atomic E-state index is -0.379. The van der Waals surface area contributed by atoms with Gasteiger partial charge in [-0.2, -0.15) is 0 Å². The fourth-order valence-corrected chi connectivity index (χ4v) is 2.42. The van der Waals surface area contributed by atoms with Crippen LogP contribution in [0.5, 0.6) is 0 Å². The van der Waals surface area contributed by atoms with Gasteiger partial charge in [0.2, 0.25) is 0 Å². The van der Waals surface area contributed by atoms with Crippen molar-refractivity contribution in [3.05, 3.63) is 45.2 Å². The second-order valence-corrected chi connectivity index (χ2v) is 5.88. The van der Waals surface area contributed by atoms with Crippen molar-refractivity contribution in [2.45, 2.75) is 26.3 Å². The molecule has 0 fully saturated rings. The van der Waals surface area contributed by atoms with Crippen molar-refractivity contribution in [3.63, 3.8) is 0 Å². The molecule has 1 heterocycles. The number of amides is 1. The molecule has 2 rings (SSSR count). The lowest BCUT2D eigenvalue weighted by atomic mass is 9.92. The summed E-state index contributed by atoms with van der Waals surface area (Å²) in [6.07, 6.45) is 0. The molecule has 1 amide bonds. The minimum Gasteiger partial charge on any atom is -0.476 e. The second-order valence-electron chi connectivity index (χ2n) is 4.80. The van der Waals surface area contributed by atoms with Crippen LogP contribution in [0.25, 0.3) is 0 Å². The number of halogens is 1. The Balaban J connectivity index is 2.35. The molecule has 3 nitrogen and oxygen atoms in total. The van der Waals surface area contributed by atoms with Crippen LogP contribution in [0.4, 0.5) is 0 Å². The van der Waals surface area contributed by atoms with Crippen molar-refractivity contribution in [2.24, 2.45) is 0 Å². The maximum atomic E-state index is 12.3. The van der Waals surface area contributed by atoms with E-state index in [0.717, 1.165) is 5.56 Å². The molecule has 18 heavy (non-hydrogen) atoms. The van der Waals surface area contributed by atoms with Crippen molar-refractivity contribution >= 4 is 28.5 Å². The smallest absolute Gasteiger partial charge is 0.266 e. The third kappa shape index (κ3) is 2.25. The molecular formula is C14H16INO2. The van der Waals surface area contributed by atoms with E-state index in [4.69, 9.17) is 4.74 Å². The average Bonchev–Trinajstić information content (AvgIpc) is 2.37. The van der Waals surface area contributed by atoms with Crippen molar-refractivity contribution in [3.8, 4) is 0 Å². The second kappa shape index (κ2) is 4.91. The summed E-state index contributed by atoms with van der Waals surface area (Å²) >= 11 is 2.05. The lowest BCUT2D eigenvalue weighted by Crippen LogP contribution is -2.48. The van der Waals surface area contributed by atoms with Crippen LogP contribution in [0.2, 0.25) is 0 Å². The normalized spacial score (nSPS) is 16.9. The van der Waals surface area contributed by atoms with E-state index >= 15 is 0 Å². The first-order chi connectivity index (χ1) is 8.44. The summed E-state index contributed by atoms with van der Waals surface area (Å²) in [5.74, 6) is 0.744. The molecule has 0 unspecified atom stereocenters. The van der Waals surface area contributed by atoms with Gasteiger partial charge in [-0.05, 0) is 48.9 Å². The van der Waals surface area contributed by atoms with Crippen LogP contribution in [0.1, 0.15) is 26.3 Å². The highest BCUT2D eigenvalue weighted by molar-refractivity contribution is 14.1. The Kier molecular flexibility index (Phi) is 3.66. The van der Waals surface area contributed by atoms with E-state index in [-0.39, 0.29) is 11.4 Å². The number of carbonyl (C=O) groups excluding carboxylic acids is 1. The highest BCUT2D eigenvalue weighted by Crippen LogP contribution is 2.33. The Morgan fingerprint density at radius 3 is 2.50 bits per heavy atom. The standard InChI is InChI=1S/C14H16INO2/c1-10-12(15)13(17)16(9-18-10)14(2,3)11-7-5-4-6-8-11/h4-8H,9H2,1-3H3. The zero-order valence-electron chi connectivity index (χ0n) is 10.7. The van der Waals surface area contributed by atoms with E-state index in [1.807, 2.05) is 73.7 Å². The highest BCUT2D eigenvalue weighted by atomic mass is 127. The Bertz CT molecular complexity index is 494. The lowest BCUT2D eigenvalue weighted by molar-refractivity contribution is -0.141. The van der Waals surface area contributed by atoms with Gasteiger partial charge in [0.05, 0.1) is 5.54 Å². The molecule has 96 valence electrons. The molecule has 1 aromatic carbocycles. The molecule has 0 atom stereocenters. The number of hydrogen-bond donors (Lipinski definition) is 0. The van der Waals surface area contributed by atoms with Crippen LogP contribution in [0, 0.1) is 0 Å². The molecule has 0 saturated heterocycles. The zero-order valence-corrected chi connectivity index (χ0v) is 12.9. The monoisotopic (exact) mass is 357 g/mol. The van der Waals surface area contributed by atoms with E-state index in [1.165, 1.54) is 0 Å².